The molecule has 0 aliphatic carbocycles. The summed E-state index contributed by atoms with van der Waals surface area (Å²) in [6.45, 7) is 6.20. The van der Waals surface area contributed by atoms with Gasteiger partial charge in [0.05, 0.1) is 12.4 Å². The molecule has 0 radical (unpaired) electrons. The van der Waals surface area contributed by atoms with E-state index in [1.54, 1.807) is 18.1 Å². The molecule has 0 saturated heterocycles. The van der Waals surface area contributed by atoms with E-state index in [4.69, 9.17) is 9.47 Å². The fourth-order valence-corrected chi connectivity index (χ4v) is 4.41. The van der Waals surface area contributed by atoms with Crippen LogP contribution in [0.25, 0.3) is 10.8 Å². The van der Waals surface area contributed by atoms with Gasteiger partial charge in [0.2, 0.25) is 0 Å². The maximum absolute atomic E-state index is 13.0. The number of likely N-dealkylation sites (N-methyl/N-ethyl adjacent to an activating group) is 1. The van der Waals surface area contributed by atoms with Crippen molar-refractivity contribution in [3.05, 3.63) is 96.2 Å². The van der Waals surface area contributed by atoms with Gasteiger partial charge >= 0.3 is 6.09 Å². The van der Waals surface area contributed by atoms with Gasteiger partial charge in [0.15, 0.2) is 0 Å². The highest BCUT2D eigenvalue weighted by atomic mass is 16.6. The van der Waals surface area contributed by atoms with E-state index in [1.807, 2.05) is 69.3 Å². The number of nitrogens with zero attached hydrogens (tertiary/aromatic N) is 3. The van der Waals surface area contributed by atoms with Gasteiger partial charge in [-0.05, 0) is 48.7 Å². The van der Waals surface area contributed by atoms with E-state index in [2.05, 4.69) is 35.3 Å². The number of carbonyl (C=O) groups excluding carboxylic acids is 2. The van der Waals surface area contributed by atoms with Crippen molar-refractivity contribution in [3.8, 4) is 0 Å². The van der Waals surface area contributed by atoms with E-state index in [1.165, 1.54) is 11.2 Å². The molecule has 1 aliphatic heterocycles. The quantitative estimate of drug-likeness (QED) is 0.374. The Kier molecular flexibility index (Phi) is 8.59. The zero-order chi connectivity index (χ0) is 27.1. The third-order valence-corrected chi connectivity index (χ3v) is 6.28. The summed E-state index contributed by atoms with van der Waals surface area (Å²) in [5.74, 6) is -0.459. The molecule has 1 aliphatic rings. The van der Waals surface area contributed by atoms with Crippen LogP contribution in [0.5, 0.6) is 0 Å². The Morgan fingerprint density at radius 2 is 1.68 bits per heavy atom. The fraction of sp³-hybridized carbons (Fsp3) is 0.323. The number of carbonyl (C=O) groups is 2. The Morgan fingerprint density at radius 3 is 2.37 bits per heavy atom. The van der Waals surface area contributed by atoms with Crippen LogP contribution in [0.15, 0.2) is 90.1 Å². The molecule has 2 unspecified atom stereocenters. The Morgan fingerprint density at radius 1 is 0.974 bits per heavy atom. The summed E-state index contributed by atoms with van der Waals surface area (Å²) in [7, 11) is 1.73. The Bertz CT molecular complexity index is 1310. The first-order chi connectivity index (χ1) is 18.2. The van der Waals surface area contributed by atoms with Crippen LogP contribution in [-0.2, 0) is 14.3 Å². The van der Waals surface area contributed by atoms with E-state index in [9.17, 15) is 9.59 Å². The van der Waals surface area contributed by atoms with Gasteiger partial charge in [0.25, 0.3) is 5.91 Å². The number of amides is 2. The lowest BCUT2D eigenvalue weighted by atomic mass is 9.87. The molecule has 38 heavy (non-hydrogen) atoms. The zero-order valence-electron chi connectivity index (χ0n) is 22.4. The second-order valence-electron chi connectivity index (χ2n) is 10.4. The second-order valence-corrected chi connectivity index (χ2v) is 10.4. The molecule has 0 spiro atoms. The van der Waals surface area contributed by atoms with Crippen molar-refractivity contribution in [2.75, 3.05) is 26.7 Å². The van der Waals surface area contributed by atoms with Crippen molar-refractivity contribution < 1.29 is 19.1 Å². The molecule has 198 valence electrons. The van der Waals surface area contributed by atoms with E-state index >= 15 is 0 Å². The standard InChI is InChI=1S/C31H35N3O4/c1-31(2,3)38-30(36)33(4)20-27(26-16-15-23-11-8-9-14-25(23)19-26)29(24-12-6-5-7-13-24)37-21-28(35)34-18-10-17-32-22-34/h5-17,19,22,27,29H,18,20-21H2,1-4H3. The van der Waals surface area contributed by atoms with Crippen molar-refractivity contribution >= 4 is 29.1 Å². The number of hydrogen-bond donors (Lipinski definition) is 0. The molecular formula is C31H35N3O4. The predicted octanol–water partition coefficient (Wildman–Crippen LogP) is 5.93. The Hall–Kier alpha value is -3.97. The third-order valence-electron chi connectivity index (χ3n) is 6.28. The average Bonchev–Trinajstić information content (AvgIpc) is 2.92. The van der Waals surface area contributed by atoms with Crippen LogP contribution in [0.2, 0.25) is 0 Å². The molecule has 1 heterocycles. The van der Waals surface area contributed by atoms with Crippen LogP contribution in [0.1, 0.15) is 43.9 Å². The molecule has 3 aromatic rings. The molecule has 0 bridgehead atoms. The van der Waals surface area contributed by atoms with E-state index < -0.39 is 17.8 Å². The van der Waals surface area contributed by atoms with Crippen LogP contribution in [0.4, 0.5) is 4.79 Å². The van der Waals surface area contributed by atoms with Crippen LogP contribution in [-0.4, -0.2) is 60.5 Å². The van der Waals surface area contributed by atoms with E-state index in [-0.39, 0.29) is 18.4 Å². The largest absolute Gasteiger partial charge is 0.444 e. The van der Waals surface area contributed by atoms with Gasteiger partial charge in [-0.25, -0.2) is 9.79 Å². The average molecular weight is 514 g/mol. The molecule has 0 N–H and O–H groups in total. The summed E-state index contributed by atoms with van der Waals surface area (Å²) in [6, 6.07) is 24.2. The van der Waals surface area contributed by atoms with Crippen LogP contribution in [0, 0.1) is 0 Å². The molecule has 2 atom stereocenters. The van der Waals surface area contributed by atoms with Crippen LogP contribution >= 0.6 is 0 Å². The number of aliphatic imine (C=N–C) groups is 1. The van der Waals surface area contributed by atoms with Gasteiger partial charge in [-0.1, -0.05) is 72.8 Å². The summed E-state index contributed by atoms with van der Waals surface area (Å²) in [5.41, 5.74) is 1.31. The van der Waals surface area contributed by atoms with Crippen molar-refractivity contribution in [3.63, 3.8) is 0 Å². The highest BCUT2D eigenvalue weighted by Gasteiger charge is 2.31. The van der Waals surface area contributed by atoms with Gasteiger partial charge in [-0.2, -0.15) is 0 Å². The highest BCUT2D eigenvalue weighted by molar-refractivity contribution is 5.89. The monoisotopic (exact) mass is 513 g/mol. The summed E-state index contributed by atoms with van der Waals surface area (Å²) < 4.78 is 12.0. The van der Waals surface area contributed by atoms with Crippen molar-refractivity contribution in [1.29, 1.82) is 0 Å². The molecule has 3 aromatic carbocycles. The van der Waals surface area contributed by atoms with E-state index in [0.717, 1.165) is 21.9 Å². The lowest BCUT2D eigenvalue weighted by Gasteiger charge is -2.33. The van der Waals surface area contributed by atoms with Crippen molar-refractivity contribution in [1.82, 2.24) is 9.80 Å². The van der Waals surface area contributed by atoms with Crippen LogP contribution in [0.3, 0.4) is 0 Å². The topological polar surface area (TPSA) is 71.4 Å². The Balaban J connectivity index is 1.68. The minimum atomic E-state index is -0.615. The van der Waals surface area contributed by atoms with Gasteiger partial charge < -0.3 is 14.4 Å². The Labute approximate surface area is 224 Å². The second kappa shape index (κ2) is 12.0. The lowest BCUT2D eigenvalue weighted by Crippen LogP contribution is -2.39. The van der Waals surface area contributed by atoms with Crippen molar-refractivity contribution in [2.24, 2.45) is 4.99 Å². The first kappa shape index (κ1) is 27.1. The number of rotatable bonds is 8. The molecule has 7 nitrogen and oxygen atoms in total. The maximum atomic E-state index is 13.0. The minimum absolute atomic E-state index is 0.125. The highest BCUT2D eigenvalue weighted by Crippen LogP contribution is 2.36. The molecule has 2 amide bonds. The fourth-order valence-electron chi connectivity index (χ4n) is 4.41. The third kappa shape index (κ3) is 7.07. The summed E-state index contributed by atoms with van der Waals surface area (Å²) in [4.78, 5) is 33.1. The van der Waals surface area contributed by atoms with Gasteiger partial charge in [-0.15, -0.1) is 0 Å². The van der Waals surface area contributed by atoms with E-state index in [0.29, 0.717) is 13.1 Å². The SMILES string of the molecule is CN(CC(c1ccc2ccccc2c1)C(OCC(=O)N1C=NC=CC1)c1ccccc1)C(=O)OC(C)(C)C. The smallest absolute Gasteiger partial charge is 0.410 e. The summed E-state index contributed by atoms with van der Waals surface area (Å²) in [6.07, 6.45) is 4.09. The van der Waals surface area contributed by atoms with Gasteiger partial charge in [0, 0.05) is 32.3 Å². The first-order valence-electron chi connectivity index (χ1n) is 12.8. The lowest BCUT2D eigenvalue weighted by molar-refractivity contribution is -0.134. The molecular weight excluding hydrogens is 478 g/mol. The van der Waals surface area contributed by atoms with Crippen molar-refractivity contribution in [2.45, 2.75) is 38.4 Å². The van der Waals surface area contributed by atoms with Gasteiger partial charge in [-0.3, -0.25) is 9.69 Å². The first-order valence-corrected chi connectivity index (χ1v) is 12.8. The van der Waals surface area contributed by atoms with Crippen LogP contribution < -0.4 is 0 Å². The maximum Gasteiger partial charge on any atom is 0.410 e. The number of hydrogen-bond acceptors (Lipinski definition) is 5. The minimum Gasteiger partial charge on any atom is -0.444 e. The molecule has 4 rings (SSSR count). The zero-order valence-corrected chi connectivity index (χ0v) is 22.4. The molecule has 0 saturated carbocycles. The predicted molar refractivity (Wildman–Crippen MR) is 150 cm³/mol. The number of fused-ring (bicyclic) bond motifs is 1. The van der Waals surface area contributed by atoms with Gasteiger partial charge in [0.1, 0.15) is 12.2 Å². The number of benzene rings is 3. The molecule has 0 fully saturated rings. The normalized spacial score (nSPS) is 14.8. The summed E-state index contributed by atoms with van der Waals surface area (Å²) >= 11 is 0. The summed E-state index contributed by atoms with van der Waals surface area (Å²) in [5, 5.41) is 2.22. The molecule has 7 heteroatoms. The number of ether oxygens (including phenoxy) is 2. The molecule has 0 aromatic heterocycles.